The molecule has 0 saturated carbocycles. The molecule has 0 heterocycles. The van der Waals surface area contributed by atoms with E-state index in [-0.39, 0.29) is 12.1 Å². The molecule has 0 aliphatic rings. The van der Waals surface area contributed by atoms with Gasteiger partial charge in [-0.05, 0) is 20.8 Å². The van der Waals surface area contributed by atoms with Gasteiger partial charge in [0, 0.05) is 6.42 Å². The fourth-order valence-corrected chi connectivity index (χ4v) is 1.51. The van der Waals surface area contributed by atoms with Crippen molar-refractivity contribution in [3.63, 3.8) is 0 Å². The standard InChI is InChI=1S/C15H31NO7/c1-15(2,3)23-14(17)4-6-19-8-10-21-12-13-22-11-9-20-7-5-16-18/h14,17H,4-13H2,1-3H3. The molecule has 0 spiro atoms. The topological polar surface area (TPSA) is 95.8 Å². The first-order chi connectivity index (χ1) is 11.0. The molecule has 0 fully saturated rings. The lowest BCUT2D eigenvalue weighted by atomic mass is 10.2. The zero-order chi connectivity index (χ0) is 17.4. The van der Waals surface area contributed by atoms with Crippen LogP contribution in [0.5, 0.6) is 0 Å². The van der Waals surface area contributed by atoms with E-state index in [1.54, 1.807) is 0 Å². The molecule has 138 valence electrons. The quantitative estimate of drug-likeness (QED) is 0.258. The fourth-order valence-electron chi connectivity index (χ4n) is 1.51. The molecule has 0 radical (unpaired) electrons. The Morgan fingerprint density at radius 3 is 1.70 bits per heavy atom. The largest absolute Gasteiger partial charge is 0.379 e. The average molecular weight is 337 g/mol. The van der Waals surface area contributed by atoms with Crippen molar-refractivity contribution in [2.45, 2.75) is 39.1 Å². The number of rotatable bonds is 16. The molecule has 1 N–H and O–H groups in total. The van der Waals surface area contributed by atoms with Crippen molar-refractivity contribution >= 4 is 0 Å². The maximum absolute atomic E-state index is 9.79. The Kier molecular flexibility index (Phi) is 14.5. The van der Waals surface area contributed by atoms with E-state index in [0.717, 1.165) is 0 Å². The van der Waals surface area contributed by atoms with Crippen LogP contribution in [0.25, 0.3) is 0 Å². The highest BCUT2D eigenvalue weighted by Crippen LogP contribution is 2.11. The Morgan fingerprint density at radius 2 is 1.26 bits per heavy atom. The van der Waals surface area contributed by atoms with E-state index in [1.165, 1.54) is 0 Å². The van der Waals surface area contributed by atoms with E-state index in [2.05, 4.69) is 5.18 Å². The van der Waals surface area contributed by atoms with Crippen LogP contribution in [0, 0.1) is 4.91 Å². The van der Waals surface area contributed by atoms with Crippen molar-refractivity contribution in [1.82, 2.24) is 0 Å². The highest BCUT2D eigenvalue weighted by Gasteiger charge is 2.15. The summed E-state index contributed by atoms with van der Waals surface area (Å²) < 4.78 is 26.4. The van der Waals surface area contributed by atoms with Gasteiger partial charge in [0.25, 0.3) is 0 Å². The van der Waals surface area contributed by atoms with Gasteiger partial charge < -0.3 is 28.8 Å². The first-order valence-corrected chi connectivity index (χ1v) is 7.91. The zero-order valence-corrected chi connectivity index (χ0v) is 14.5. The Hall–Kier alpha value is -0.640. The number of aliphatic hydroxyl groups is 1. The molecular formula is C15H31NO7. The summed E-state index contributed by atoms with van der Waals surface area (Å²) in [6.45, 7) is 9.39. The first-order valence-electron chi connectivity index (χ1n) is 7.91. The van der Waals surface area contributed by atoms with Gasteiger partial charge >= 0.3 is 0 Å². The predicted octanol–water partition coefficient (Wildman–Crippen LogP) is 1.34. The maximum Gasteiger partial charge on any atom is 0.157 e. The minimum absolute atomic E-state index is 0.169. The summed E-state index contributed by atoms with van der Waals surface area (Å²) in [5.41, 5.74) is -0.362. The van der Waals surface area contributed by atoms with E-state index in [4.69, 9.17) is 23.7 Å². The van der Waals surface area contributed by atoms with Gasteiger partial charge in [-0.25, -0.2) is 0 Å². The lowest BCUT2D eigenvalue weighted by molar-refractivity contribution is -0.173. The van der Waals surface area contributed by atoms with E-state index >= 15 is 0 Å². The van der Waals surface area contributed by atoms with E-state index < -0.39 is 6.29 Å². The van der Waals surface area contributed by atoms with Crippen molar-refractivity contribution < 1.29 is 28.8 Å². The van der Waals surface area contributed by atoms with Gasteiger partial charge in [-0.2, -0.15) is 4.91 Å². The van der Waals surface area contributed by atoms with Gasteiger partial charge in [-0.15, -0.1) is 0 Å². The highest BCUT2D eigenvalue weighted by atomic mass is 16.6. The smallest absolute Gasteiger partial charge is 0.157 e. The minimum atomic E-state index is -0.811. The molecule has 0 rings (SSSR count). The van der Waals surface area contributed by atoms with E-state index in [1.807, 2.05) is 20.8 Å². The number of ether oxygens (including phenoxy) is 5. The summed E-state index contributed by atoms with van der Waals surface area (Å²) in [5, 5.41) is 12.3. The van der Waals surface area contributed by atoms with Crippen LogP contribution in [0.1, 0.15) is 27.2 Å². The Morgan fingerprint density at radius 1 is 0.826 bits per heavy atom. The molecule has 0 aromatic carbocycles. The van der Waals surface area contributed by atoms with Crippen molar-refractivity contribution in [3.05, 3.63) is 4.91 Å². The average Bonchev–Trinajstić information content (AvgIpc) is 2.46. The van der Waals surface area contributed by atoms with Gasteiger partial charge in [0.15, 0.2) is 6.29 Å². The number of nitrogens with zero attached hydrogens (tertiary/aromatic N) is 1. The number of nitroso groups, excluding NO2 is 1. The summed E-state index contributed by atoms with van der Waals surface area (Å²) in [5.74, 6) is 0. The van der Waals surface area contributed by atoms with E-state index in [9.17, 15) is 10.0 Å². The Balaban J connectivity index is 3.15. The fraction of sp³-hybridized carbons (Fsp3) is 1.00. The highest BCUT2D eigenvalue weighted by molar-refractivity contribution is 4.60. The lowest BCUT2D eigenvalue weighted by Crippen LogP contribution is -2.28. The number of hydrogen-bond donors (Lipinski definition) is 1. The lowest BCUT2D eigenvalue weighted by Gasteiger charge is -2.23. The summed E-state index contributed by atoms with van der Waals surface area (Å²) in [4.78, 5) is 9.79. The second-order valence-electron chi connectivity index (χ2n) is 5.78. The van der Waals surface area contributed by atoms with Crippen LogP contribution >= 0.6 is 0 Å². The predicted molar refractivity (Wildman–Crippen MR) is 85.4 cm³/mol. The molecule has 0 aromatic heterocycles. The summed E-state index contributed by atoms with van der Waals surface area (Å²) in [6.07, 6.45) is -0.381. The van der Waals surface area contributed by atoms with Crippen LogP contribution in [-0.4, -0.2) is 76.4 Å². The van der Waals surface area contributed by atoms with Crippen molar-refractivity contribution in [2.75, 3.05) is 59.4 Å². The molecule has 0 aliphatic carbocycles. The third kappa shape index (κ3) is 19.3. The molecule has 0 saturated heterocycles. The summed E-state index contributed by atoms with van der Waals surface area (Å²) in [6, 6.07) is 0. The maximum atomic E-state index is 9.79. The molecule has 1 unspecified atom stereocenters. The van der Waals surface area contributed by atoms with Crippen LogP contribution < -0.4 is 0 Å². The second-order valence-corrected chi connectivity index (χ2v) is 5.78. The minimum Gasteiger partial charge on any atom is -0.379 e. The molecule has 8 heteroatoms. The number of aliphatic hydroxyl groups excluding tert-OH is 1. The summed E-state index contributed by atoms with van der Waals surface area (Å²) >= 11 is 0. The van der Waals surface area contributed by atoms with Gasteiger partial charge in [0.2, 0.25) is 0 Å². The van der Waals surface area contributed by atoms with Crippen LogP contribution in [0.2, 0.25) is 0 Å². The zero-order valence-electron chi connectivity index (χ0n) is 14.5. The van der Waals surface area contributed by atoms with Crippen molar-refractivity contribution in [1.29, 1.82) is 0 Å². The Bertz CT molecular complexity index is 271. The number of hydrogen-bond acceptors (Lipinski definition) is 8. The normalized spacial score (nSPS) is 13.2. The third-order valence-electron chi connectivity index (χ3n) is 2.44. The van der Waals surface area contributed by atoms with Crippen molar-refractivity contribution in [2.24, 2.45) is 5.18 Å². The molecule has 1 atom stereocenters. The Labute approximate surface area is 138 Å². The summed E-state index contributed by atoms with van der Waals surface area (Å²) in [7, 11) is 0. The van der Waals surface area contributed by atoms with Gasteiger partial charge in [-0.3, -0.25) is 0 Å². The van der Waals surface area contributed by atoms with Crippen LogP contribution in [0.4, 0.5) is 0 Å². The first kappa shape index (κ1) is 22.4. The van der Waals surface area contributed by atoms with E-state index in [0.29, 0.717) is 59.3 Å². The third-order valence-corrected chi connectivity index (χ3v) is 2.44. The molecular weight excluding hydrogens is 306 g/mol. The van der Waals surface area contributed by atoms with Crippen LogP contribution in [-0.2, 0) is 23.7 Å². The molecule has 8 nitrogen and oxygen atoms in total. The van der Waals surface area contributed by atoms with Crippen LogP contribution in [0.15, 0.2) is 5.18 Å². The van der Waals surface area contributed by atoms with Gasteiger partial charge in [0.1, 0.15) is 6.54 Å². The molecule has 0 aliphatic heterocycles. The second kappa shape index (κ2) is 14.9. The molecule has 23 heavy (non-hydrogen) atoms. The molecule has 0 aromatic rings. The molecule has 0 bridgehead atoms. The van der Waals surface area contributed by atoms with Gasteiger partial charge in [0.05, 0.1) is 58.5 Å². The van der Waals surface area contributed by atoms with Crippen molar-refractivity contribution in [3.8, 4) is 0 Å². The van der Waals surface area contributed by atoms with Crippen LogP contribution in [0.3, 0.4) is 0 Å². The monoisotopic (exact) mass is 337 g/mol. The molecule has 0 amide bonds. The SMILES string of the molecule is CC(C)(C)OC(O)CCOCCOCCOCCOCCN=O. The van der Waals surface area contributed by atoms with Gasteiger partial charge in [-0.1, -0.05) is 5.18 Å².